The number of nitrogens with two attached hydrogens (primary N) is 2. The zero-order valence-corrected chi connectivity index (χ0v) is 24.3. The van der Waals surface area contributed by atoms with Crippen LogP contribution in [0.4, 0.5) is 0 Å². The Morgan fingerprint density at radius 1 is 1.17 bits per heavy atom. The molecule has 42 heavy (non-hydrogen) atoms. The SMILES string of the molecule is C=C(N)c1ccc2c(c1)CCc1cc(C(N)=O)ccc1C2(C[C@H](C)NCC(=C)N1C(C#N)C[C@@H]2C[C@@H]21)c1n[nH]c(C)n1. The van der Waals surface area contributed by atoms with Gasteiger partial charge in [-0.25, -0.2) is 4.98 Å². The summed E-state index contributed by atoms with van der Waals surface area (Å²) in [5.74, 6) is 1.57. The number of piperidine rings is 1. The van der Waals surface area contributed by atoms with E-state index >= 15 is 0 Å². The standard InChI is InChI=1S/C33H38N8O/c1-18(37-17-19(2)41-27(16-34)13-26-14-30(26)41)15-33(32-38-21(4)39-40-32)28-9-7-22(20(3)35)11-23(28)5-6-24-12-25(31(36)42)8-10-29(24)33/h7-12,18,26-27,30,37H,2-3,5-6,13-15,17,35H2,1,4H3,(H2,36,42)(H,38,39,40)/t18-,26+,27?,30-,33?/m0/s1. The Morgan fingerprint density at radius 2 is 1.83 bits per heavy atom. The van der Waals surface area contributed by atoms with Gasteiger partial charge in [0.25, 0.3) is 0 Å². The number of nitrogens with one attached hydrogen (secondary N) is 2. The van der Waals surface area contributed by atoms with Crippen LogP contribution in [0.15, 0.2) is 55.3 Å². The quantitative estimate of drug-likeness (QED) is 0.312. The Morgan fingerprint density at radius 3 is 2.43 bits per heavy atom. The summed E-state index contributed by atoms with van der Waals surface area (Å²) < 4.78 is 0. The van der Waals surface area contributed by atoms with Crippen molar-refractivity contribution in [3.05, 3.63) is 100 Å². The average Bonchev–Trinajstić information content (AvgIpc) is 3.46. The van der Waals surface area contributed by atoms with E-state index in [1.807, 2.05) is 25.1 Å². The number of benzene rings is 2. The topological polar surface area (TPSA) is 150 Å². The van der Waals surface area contributed by atoms with Crippen LogP contribution in [0, 0.1) is 24.2 Å². The van der Waals surface area contributed by atoms with Crippen molar-refractivity contribution in [1.29, 1.82) is 5.26 Å². The number of aromatic nitrogens is 3. The molecule has 9 nitrogen and oxygen atoms in total. The molecule has 216 valence electrons. The van der Waals surface area contributed by atoms with Gasteiger partial charge in [-0.1, -0.05) is 31.4 Å². The van der Waals surface area contributed by atoms with E-state index in [2.05, 4.69) is 53.6 Å². The van der Waals surface area contributed by atoms with Gasteiger partial charge in [0.15, 0.2) is 5.82 Å². The number of primary amides is 1. The van der Waals surface area contributed by atoms with Crippen molar-refractivity contribution >= 4 is 11.6 Å². The van der Waals surface area contributed by atoms with Gasteiger partial charge in [-0.2, -0.15) is 10.4 Å². The fourth-order valence-corrected chi connectivity index (χ4v) is 7.23. The van der Waals surface area contributed by atoms with Crippen LogP contribution in [0.3, 0.4) is 0 Å². The van der Waals surface area contributed by atoms with Gasteiger partial charge >= 0.3 is 0 Å². The molecule has 5 atom stereocenters. The molecule has 3 aromatic rings. The third kappa shape index (κ3) is 4.66. The number of nitrogens with zero attached hydrogens (tertiary/aromatic N) is 4. The van der Waals surface area contributed by atoms with E-state index in [4.69, 9.17) is 21.5 Å². The van der Waals surface area contributed by atoms with Gasteiger partial charge in [0, 0.05) is 35.6 Å². The minimum Gasteiger partial charge on any atom is -0.399 e. The lowest BCUT2D eigenvalue weighted by molar-refractivity contribution is 0.1000. The summed E-state index contributed by atoms with van der Waals surface area (Å²) in [5, 5.41) is 21.2. The van der Waals surface area contributed by atoms with E-state index in [1.54, 1.807) is 6.07 Å². The molecule has 2 aliphatic carbocycles. The molecule has 3 aliphatic rings. The second-order valence-corrected chi connectivity index (χ2v) is 12.2. The van der Waals surface area contributed by atoms with Crippen molar-refractivity contribution in [2.45, 2.75) is 69.5 Å². The van der Waals surface area contributed by atoms with E-state index in [9.17, 15) is 10.1 Å². The Balaban J connectivity index is 1.42. The number of hydrogen-bond acceptors (Lipinski definition) is 7. The summed E-state index contributed by atoms with van der Waals surface area (Å²) >= 11 is 0. The molecular weight excluding hydrogens is 524 g/mol. The van der Waals surface area contributed by atoms with Crippen LogP contribution in [-0.2, 0) is 18.3 Å². The number of likely N-dealkylation sites (tertiary alicyclic amines) is 1. The van der Waals surface area contributed by atoms with Gasteiger partial charge in [-0.3, -0.25) is 9.89 Å². The smallest absolute Gasteiger partial charge is 0.248 e. The summed E-state index contributed by atoms with van der Waals surface area (Å²) in [7, 11) is 0. The first-order valence-electron chi connectivity index (χ1n) is 14.6. The molecule has 2 aromatic carbocycles. The van der Waals surface area contributed by atoms with Gasteiger partial charge < -0.3 is 21.7 Å². The summed E-state index contributed by atoms with van der Waals surface area (Å²) in [6, 6.07) is 14.8. The molecule has 6 rings (SSSR count). The molecule has 0 spiro atoms. The second-order valence-electron chi connectivity index (χ2n) is 12.2. The molecule has 1 amide bonds. The number of carbonyl (C=O) groups is 1. The monoisotopic (exact) mass is 562 g/mol. The normalized spacial score (nSPS) is 24.5. The van der Waals surface area contributed by atoms with Crippen molar-refractivity contribution in [3.8, 4) is 6.07 Å². The maximum absolute atomic E-state index is 12.2. The zero-order chi connectivity index (χ0) is 29.8. The third-order valence-electron chi connectivity index (χ3n) is 9.31. The lowest BCUT2D eigenvalue weighted by atomic mass is 9.67. The van der Waals surface area contributed by atoms with E-state index in [1.165, 1.54) is 0 Å². The molecule has 9 heteroatoms. The number of rotatable bonds is 9. The van der Waals surface area contributed by atoms with Crippen LogP contribution in [0.2, 0.25) is 0 Å². The van der Waals surface area contributed by atoms with Crippen molar-refractivity contribution < 1.29 is 4.79 Å². The summed E-state index contributed by atoms with van der Waals surface area (Å²) in [6.07, 6.45) is 4.20. The highest BCUT2D eigenvalue weighted by Gasteiger charge is 2.52. The van der Waals surface area contributed by atoms with Gasteiger partial charge in [0.1, 0.15) is 11.9 Å². The third-order valence-corrected chi connectivity index (χ3v) is 9.31. The molecule has 1 aromatic heterocycles. The van der Waals surface area contributed by atoms with Crippen LogP contribution in [-0.4, -0.2) is 50.7 Å². The molecule has 2 fully saturated rings. The van der Waals surface area contributed by atoms with Gasteiger partial charge in [0.05, 0.1) is 11.5 Å². The van der Waals surface area contributed by atoms with Crippen LogP contribution in [0.1, 0.15) is 76.0 Å². The maximum Gasteiger partial charge on any atom is 0.248 e. The van der Waals surface area contributed by atoms with Crippen LogP contribution in [0.25, 0.3) is 5.70 Å². The van der Waals surface area contributed by atoms with E-state index < -0.39 is 11.3 Å². The summed E-state index contributed by atoms with van der Waals surface area (Å²) in [4.78, 5) is 19.3. The minimum absolute atomic E-state index is 0.0115. The number of H-pyrrole nitrogens is 1. The lowest BCUT2D eigenvalue weighted by Crippen LogP contribution is -2.42. The molecule has 1 saturated carbocycles. The number of amides is 1. The van der Waals surface area contributed by atoms with Crippen LogP contribution < -0.4 is 16.8 Å². The molecular formula is C33H38N8O. The number of nitriles is 1. The Bertz CT molecular complexity index is 1570. The van der Waals surface area contributed by atoms with Crippen LogP contribution >= 0.6 is 0 Å². The van der Waals surface area contributed by atoms with Crippen molar-refractivity contribution in [1.82, 2.24) is 25.4 Å². The molecule has 1 aliphatic heterocycles. The van der Waals surface area contributed by atoms with Crippen molar-refractivity contribution in [3.63, 3.8) is 0 Å². The molecule has 0 radical (unpaired) electrons. The van der Waals surface area contributed by atoms with Crippen LogP contribution in [0.5, 0.6) is 0 Å². The van der Waals surface area contributed by atoms with E-state index in [0.29, 0.717) is 42.0 Å². The zero-order valence-electron chi connectivity index (χ0n) is 24.3. The summed E-state index contributed by atoms with van der Waals surface area (Å²) in [6.45, 7) is 13.0. The molecule has 2 unspecified atom stereocenters. The Hall–Kier alpha value is -4.42. The number of aryl methyl sites for hydroxylation is 3. The fourth-order valence-electron chi connectivity index (χ4n) is 7.23. The van der Waals surface area contributed by atoms with Gasteiger partial charge in [-0.15, -0.1) is 0 Å². The Kier molecular flexibility index (Phi) is 6.90. The number of carbonyl (C=O) groups excluding carboxylic acids is 1. The second kappa shape index (κ2) is 10.4. The lowest BCUT2D eigenvalue weighted by Gasteiger charge is -2.37. The predicted molar refractivity (Wildman–Crippen MR) is 162 cm³/mol. The highest BCUT2D eigenvalue weighted by Crippen LogP contribution is 2.49. The largest absolute Gasteiger partial charge is 0.399 e. The van der Waals surface area contributed by atoms with Crippen molar-refractivity contribution in [2.24, 2.45) is 17.4 Å². The molecule has 2 heterocycles. The summed E-state index contributed by atoms with van der Waals surface area (Å²) in [5.41, 5.74) is 18.3. The highest BCUT2D eigenvalue weighted by molar-refractivity contribution is 5.93. The number of fused-ring (bicyclic) bond motifs is 3. The fraction of sp³-hybridized carbons (Fsp3) is 0.394. The Labute approximate surface area is 246 Å². The average molecular weight is 563 g/mol. The van der Waals surface area contributed by atoms with Gasteiger partial charge in [-0.05, 0) is 97.9 Å². The first kappa shape index (κ1) is 27.7. The molecule has 0 bridgehead atoms. The van der Waals surface area contributed by atoms with Gasteiger partial charge in [0.2, 0.25) is 5.91 Å². The van der Waals surface area contributed by atoms with Crippen molar-refractivity contribution in [2.75, 3.05) is 6.54 Å². The first-order valence-corrected chi connectivity index (χ1v) is 14.6. The highest BCUT2D eigenvalue weighted by atomic mass is 16.1. The van der Waals surface area contributed by atoms with E-state index in [-0.39, 0.29) is 12.1 Å². The first-order chi connectivity index (χ1) is 20.1. The number of hydrogen-bond donors (Lipinski definition) is 4. The minimum atomic E-state index is -0.727. The maximum atomic E-state index is 12.2. The van der Waals surface area contributed by atoms with E-state index in [0.717, 1.165) is 65.0 Å². The molecule has 1 saturated heterocycles. The number of aromatic amines is 1. The predicted octanol–water partition coefficient (Wildman–Crippen LogP) is 3.44. The molecule has 6 N–H and O–H groups in total.